The van der Waals surface area contributed by atoms with E-state index in [2.05, 4.69) is 72.5 Å². The minimum atomic E-state index is -0.482. The van der Waals surface area contributed by atoms with Gasteiger partial charge < -0.3 is 24.3 Å². The number of Topliss-reactive ketones (excluding diaryl/α,β-unsaturated/α-hetero) is 1. The van der Waals surface area contributed by atoms with E-state index in [1.54, 1.807) is 0 Å². The molecule has 1 aromatic carbocycles. The van der Waals surface area contributed by atoms with E-state index >= 15 is 0 Å². The molecule has 0 radical (unpaired) electrons. The zero-order valence-electron chi connectivity index (χ0n) is 28.1. The van der Waals surface area contributed by atoms with Gasteiger partial charge in [0.1, 0.15) is 6.79 Å². The fourth-order valence-electron chi connectivity index (χ4n) is 12.4. The van der Waals surface area contributed by atoms with Gasteiger partial charge in [-0.2, -0.15) is 0 Å². The van der Waals surface area contributed by atoms with Gasteiger partial charge in [-0.25, -0.2) is 0 Å². The van der Waals surface area contributed by atoms with Gasteiger partial charge in [0, 0.05) is 33.5 Å². The van der Waals surface area contributed by atoms with Gasteiger partial charge in [0.15, 0.2) is 5.78 Å². The number of hydrogen-bond donors (Lipinski definition) is 2. The maximum atomic E-state index is 14.3. The third-order valence-corrected chi connectivity index (χ3v) is 14.4. The Morgan fingerprint density at radius 3 is 2.55 bits per heavy atom. The molecule has 2 N–H and O–H groups in total. The molecule has 2 aromatic rings. The smallest absolute Gasteiger partial charge is 0.169 e. The summed E-state index contributed by atoms with van der Waals surface area (Å²) in [5.41, 5.74) is 5.02. The topological polar surface area (TPSA) is 80.8 Å². The summed E-state index contributed by atoms with van der Waals surface area (Å²) < 4.78 is 19.1. The van der Waals surface area contributed by atoms with E-state index in [4.69, 9.17) is 14.2 Å². The number of carbonyl (C=O) groups is 1. The lowest BCUT2D eigenvalue weighted by molar-refractivity contribution is -0.227. The fraction of sp³-hybridized carbons (Fsp3) is 0.763. The fourth-order valence-corrected chi connectivity index (χ4v) is 12.4. The van der Waals surface area contributed by atoms with Crippen molar-refractivity contribution in [2.75, 3.05) is 6.79 Å². The molecule has 6 unspecified atom stereocenters. The Hall–Kier alpha value is -1.73. The lowest BCUT2D eigenvalue weighted by Gasteiger charge is -2.59. The third kappa shape index (κ3) is 3.72. The van der Waals surface area contributed by atoms with Crippen LogP contribution in [-0.4, -0.2) is 51.7 Å². The first-order valence-corrected chi connectivity index (χ1v) is 17.4. The van der Waals surface area contributed by atoms with Crippen LogP contribution in [0.15, 0.2) is 12.1 Å². The molecule has 6 heteroatoms. The lowest BCUT2D eigenvalue weighted by Crippen LogP contribution is -2.56. The van der Waals surface area contributed by atoms with Crippen LogP contribution in [0, 0.1) is 34.5 Å². The average molecular weight is 604 g/mol. The Bertz CT molecular complexity index is 1540. The molecule has 3 heterocycles. The normalized spacial score (nSPS) is 41.8. The number of fused-ring (bicyclic) bond motifs is 12. The number of aromatic amines is 1. The van der Waals surface area contributed by atoms with Crippen molar-refractivity contribution >= 4 is 16.7 Å². The van der Waals surface area contributed by atoms with Gasteiger partial charge in [-0.3, -0.25) is 4.79 Å². The number of H-pyrrole nitrogens is 1. The van der Waals surface area contributed by atoms with Crippen molar-refractivity contribution in [3.63, 3.8) is 0 Å². The maximum Gasteiger partial charge on any atom is 0.169 e. The largest absolute Gasteiger partial charge is 0.372 e. The first-order valence-electron chi connectivity index (χ1n) is 17.4. The SMILES string of the molecule is CC1(C)OC(C)(C)[C@]2(C)Cc3c(ccc4[nH]c5c(c34)CC3CCC4C6CC[C@@H](C(C)(C)OCO)OC6CC[C@]4(C)C53)C(=O)C12. The molecule has 2 saturated heterocycles. The number of aliphatic hydroxyl groups is 1. The highest BCUT2D eigenvalue weighted by molar-refractivity contribution is 6.07. The van der Waals surface area contributed by atoms with Gasteiger partial charge in [-0.05, 0) is 139 Å². The Morgan fingerprint density at radius 1 is 1.02 bits per heavy atom. The molecule has 8 rings (SSSR count). The number of benzene rings is 1. The lowest BCUT2D eigenvalue weighted by atomic mass is 9.49. The van der Waals surface area contributed by atoms with Crippen molar-refractivity contribution in [2.45, 2.75) is 142 Å². The second-order valence-electron chi connectivity index (χ2n) is 17.6. The highest BCUT2D eigenvalue weighted by atomic mass is 16.6. The summed E-state index contributed by atoms with van der Waals surface area (Å²) in [6.45, 7) is 17.3. The third-order valence-electron chi connectivity index (χ3n) is 14.4. The monoisotopic (exact) mass is 603 g/mol. The summed E-state index contributed by atoms with van der Waals surface area (Å²) in [5.74, 6) is 2.55. The molecule has 2 saturated carbocycles. The van der Waals surface area contributed by atoms with E-state index in [0.717, 1.165) is 31.2 Å². The van der Waals surface area contributed by atoms with Crippen molar-refractivity contribution in [3.8, 4) is 0 Å². The summed E-state index contributed by atoms with van der Waals surface area (Å²) in [4.78, 5) is 18.3. The molecule has 0 bridgehead atoms. The molecule has 9 atom stereocenters. The quantitative estimate of drug-likeness (QED) is 0.355. The van der Waals surface area contributed by atoms with E-state index in [0.29, 0.717) is 23.7 Å². The number of aromatic nitrogens is 1. The highest BCUT2D eigenvalue weighted by Gasteiger charge is 2.66. The van der Waals surface area contributed by atoms with Crippen molar-refractivity contribution in [1.29, 1.82) is 0 Å². The molecule has 44 heavy (non-hydrogen) atoms. The number of rotatable bonds is 3. The van der Waals surface area contributed by atoms with Gasteiger partial charge in [-0.1, -0.05) is 13.8 Å². The van der Waals surface area contributed by atoms with Gasteiger partial charge >= 0.3 is 0 Å². The predicted molar refractivity (Wildman–Crippen MR) is 171 cm³/mol. The zero-order valence-corrected chi connectivity index (χ0v) is 28.1. The van der Waals surface area contributed by atoms with Crippen molar-refractivity contribution in [1.82, 2.24) is 4.98 Å². The molecule has 0 amide bonds. The van der Waals surface area contributed by atoms with Crippen LogP contribution in [0.5, 0.6) is 0 Å². The van der Waals surface area contributed by atoms with Crippen LogP contribution in [0.4, 0.5) is 0 Å². The standard InChI is InChI=1S/C38H53NO5/c1-34(2,42-19-40)28-14-11-22-25-12-9-20-17-23-29-24-18-38(8)33(35(3,4)44-36(38,5)6)32(41)21(24)10-13-26(29)39-31(23)30(20)37(25,7)16-15-27(22)43-28/h10,13,20,22,25,27-28,30,33,39-40H,9,11-12,14-19H2,1-8H3/t20?,22?,25?,27?,28-,30?,33?,37-,38+/m0/s1. The van der Waals surface area contributed by atoms with Crippen LogP contribution >= 0.6 is 0 Å². The highest BCUT2D eigenvalue weighted by Crippen LogP contribution is 2.67. The minimum Gasteiger partial charge on any atom is -0.372 e. The van der Waals surface area contributed by atoms with E-state index in [-0.39, 0.29) is 47.1 Å². The number of ether oxygens (including phenoxy) is 3. The Labute approximate surface area is 263 Å². The number of carbonyl (C=O) groups excluding carboxylic acids is 1. The van der Waals surface area contributed by atoms with Crippen LogP contribution in [-0.2, 0) is 27.1 Å². The summed E-state index contributed by atoms with van der Waals surface area (Å²) in [6.07, 6.45) is 9.30. The summed E-state index contributed by atoms with van der Waals surface area (Å²) in [7, 11) is 0. The van der Waals surface area contributed by atoms with Crippen molar-refractivity contribution in [2.24, 2.45) is 34.5 Å². The predicted octanol–water partition coefficient (Wildman–Crippen LogP) is 7.49. The Kier molecular flexibility index (Phi) is 6.20. The van der Waals surface area contributed by atoms with Gasteiger partial charge in [-0.15, -0.1) is 0 Å². The van der Waals surface area contributed by atoms with E-state index in [9.17, 15) is 9.90 Å². The summed E-state index contributed by atoms with van der Waals surface area (Å²) >= 11 is 0. The molecule has 2 aliphatic heterocycles. The van der Waals surface area contributed by atoms with E-state index in [1.807, 2.05) is 0 Å². The molecular formula is C38H53NO5. The number of ketones is 1. The second-order valence-corrected chi connectivity index (χ2v) is 17.6. The molecule has 4 fully saturated rings. The number of hydrogen-bond acceptors (Lipinski definition) is 5. The number of aliphatic hydroxyl groups excluding tert-OH is 1. The van der Waals surface area contributed by atoms with E-state index < -0.39 is 11.2 Å². The van der Waals surface area contributed by atoms with Crippen molar-refractivity contribution < 1.29 is 24.1 Å². The van der Waals surface area contributed by atoms with Crippen LogP contribution in [0.1, 0.15) is 127 Å². The summed E-state index contributed by atoms with van der Waals surface area (Å²) in [6, 6.07) is 4.30. The van der Waals surface area contributed by atoms with E-state index in [1.165, 1.54) is 53.4 Å². The van der Waals surface area contributed by atoms with Gasteiger partial charge in [0.2, 0.25) is 0 Å². The Morgan fingerprint density at radius 2 is 1.80 bits per heavy atom. The second kappa shape index (κ2) is 9.20. The molecule has 240 valence electrons. The van der Waals surface area contributed by atoms with Crippen LogP contribution in [0.25, 0.3) is 10.9 Å². The van der Waals surface area contributed by atoms with Gasteiger partial charge in [0.05, 0.1) is 34.9 Å². The molecule has 1 aromatic heterocycles. The zero-order chi connectivity index (χ0) is 31.2. The first kappa shape index (κ1) is 29.7. The van der Waals surface area contributed by atoms with Crippen LogP contribution in [0.2, 0.25) is 0 Å². The van der Waals surface area contributed by atoms with Crippen LogP contribution in [0.3, 0.4) is 0 Å². The van der Waals surface area contributed by atoms with Gasteiger partial charge in [0.25, 0.3) is 0 Å². The minimum absolute atomic E-state index is 0.0274. The average Bonchev–Trinajstić information content (AvgIpc) is 3.52. The van der Waals surface area contributed by atoms with Crippen molar-refractivity contribution in [3.05, 3.63) is 34.5 Å². The Balaban J connectivity index is 1.16. The molecule has 6 nitrogen and oxygen atoms in total. The first-order chi connectivity index (χ1) is 20.6. The summed E-state index contributed by atoms with van der Waals surface area (Å²) in [5, 5.41) is 10.8. The number of nitrogens with one attached hydrogen (secondary N) is 1. The molecule has 4 aliphatic carbocycles. The molecule has 6 aliphatic rings. The molecular weight excluding hydrogens is 550 g/mol. The maximum absolute atomic E-state index is 14.3. The van der Waals surface area contributed by atoms with Crippen LogP contribution < -0.4 is 0 Å². The molecule has 0 spiro atoms.